The Balaban J connectivity index is 1.50. The quantitative estimate of drug-likeness (QED) is 0.699. The van der Waals surface area contributed by atoms with Crippen LogP contribution in [-0.2, 0) is 25.9 Å². The first-order valence-corrected chi connectivity index (χ1v) is 9.88. The molecule has 0 atom stereocenters. The van der Waals surface area contributed by atoms with E-state index in [4.69, 9.17) is 4.98 Å². The zero-order chi connectivity index (χ0) is 21.1. The standard InChI is InChI=1S/C22H23F2N5O/c1-28(13-15-3-2-8-25-12-15)22-26-20-7-10-29(9-6-18(20)21(30)27-22)14-16-11-17(23)4-5-19(16)24/h2-5,8,11-12H,6-7,9-10,13-14H2,1H3,(H,26,27,30). The monoisotopic (exact) mass is 411 g/mol. The van der Waals surface area contributed by atoms with Crippen LogP contribution in [0.2, 0.25) is 0 Å². The molecule has 4 rings (SSSR count). The SMILES string of the molecule is CN(Cc1cccnc1)c1nc2c(c(=O)[nH]1)CCN(Cc1cc(F)ccc1F)CC2. The van der Waals surface area contributed by atoms with E-state index in [0.29, 0.717) is 56.1 Å². The van der Waals surface area contributed by atoms with Crippen LogP contribution in [-0.4, -0.2) is 40.0 Å². The van der Waals surface area contributed by atoms with Crippen LogP contribution < -0.4 is 10.5 Å². The van der Waals surface area contributed by atoms with E-state index < -0.39 is 11.6 Å². The van der Waals surface area contributed by atoms with E-state index in [1.807, 2.05) is 29.0 Å². The molecule has 1 aliphatic heterocycles. The molecule has 3 aromatic rings. The van der Waals surface area contributed by atoms with Gasteiger partial charge in [-0.1, -0.05) is 6.07 Å². The second kappa shape index (κ2) is 8.71. The van der Waals surface area contributed by atoms with Crippen LogP contribution in [0.1, 0.15) is 22.4 Å². The molecular weight excluding hydrogens is 388 g/mol. The van der Waals surface area contributed by atoms with Crippen molar-refractivity contribution in [2.45, 2.75) is 25.9 Å². The molecule has 0 saturated heterocycles. The molecule has 0 aliphatic carbocycles. The molecule has 1 N–H and O–H groups in total. The zero-order valence-electron chi connectivity index (χ0n) is 16.7. The molecule has 0 amide bonds. The van der Waals surface area contributed by atoms with Gasteiger partial charge in [-0.25, -0.2) is 13.8 Å². The van der Waals surface area contributed by atoms with Crippen molar-refractivity contribution in [2.75, 3.05) is 25.0 Å². The molecule has 2 aromatic heterocycles. The minimum Gasteiger partial charge on any atom is -0.341 e. The third-order valence-corrected chi connectivity index (χ3v) is 5.34. The van der Waals surface area contributed by atoms with E-state index in [2.05, 4.69) is 9.97 Å². The van der Waals surface area contributed by atoms with Crippen LogP contribution in [0.4, 0.5) is 14.7 Å². The fraction of sp³-hybridized carbons (Fsp3) is 0.318. The van der Waals surface area contributed by atoms with Gasteiger partial charge in [-0.2, -0.15) is 0 Å². The van der Waals surface area contributed by atoms with Crippen LogP contribution >= 0.6 is 0 Å². The molecule has 0 fully saturated rings. The molecular formula is C22H23F2N5O. The minimum absolute atomic E-state index is 0.146. The van der Waals surface area contributed by atoms with Gasteiger partial charge in [0, 0.05) is 63.2 Å². The Hall–Kier alpha value is -3.13. The van der Waals surface area contributed by atoms with Gasteiger partial charge in [-0.15, -0.1) is 0 Å². The Morgan fingerprint density at radius 3 is 2.83 bits per heavy atom. The van der Waals surface area contributed by atoms with Crippen LogP contribution in [0.25, 0.3) is 0 Å². The van der Waals surface area contributed by atoms with Crippen LogP contribution in [0.3, 0.4) is 0 Å². The number of nitrogens with zero attached hydrogens (tertiary/aromatic N) is 4. The molecule has 1 aromatic carbocycles. The zero-order valence-corrected chi connectivity index (χ0v) is 16.7. The van der Waals surface area contributed by atoms with E-state index in [9.17, 15) is 13.6 Å². The van der Waals surface area contributed by atoms with E-state index >= 15 is 0 Å². The fourth-order valence-electron chi connectivity index (χ4n) is 3.73. The number of halogens is 2. The summed E-state index contributed by atoms with van der Waals surface area (Å²) in [6.07, 6.45) is 4.58. The van der Waals surface area contributed by atoms with Gasteiger partial charge in [0.05, 0.1) is 5.69 Å². The Bertz CT molecular complexity index is 1090. The van der Waals surface area contributed by atoms with Gasteiger partial charge in [-0.05, 0) is 36.2 Å². The lowest BCUT2D eigenvalue weighted by atomic mass is 10.1. The molecule has 0 unspecified atom stereocenters. The normalized spacial score (nSPS) is 14.2. The van der Waals surface area contributed by atoms with Crippen molar-refractivity contribution >= 4 is 5.95 Å². The highest BCUT2D eigenvalue weighted by atomic mass is 19.1. The lowest BCUT2D eigenvalue weighted by molar-refractivity contribution is 0.274. The molecule has 3 heterocycles. The highest BCUT2D eigenvalue weighted by Crippen LogP contribution is 2.18. The number of anilines is 1. The number of fused-ring (bicyclic) bond motifs is 1. The van der Waals surface area contributed by atoms with E-state index in [-0.39, 0.29) is 5.56 Å². The maximum absolute atomic E-state index is 14.0. The summed E-state index contributed by atoms with van der Waals surface area (Å²) in [6, 6.07) is 7.32. The van der Waals surface area contributed by atoms with Gasteiger partial charge >= 0.3 is 0 Å². The first kappa shape index (κ1) is 20.2. The average molecular weight is 411 g/mol. The van der Waals surface area contributed by atoms with E-state index in [0.717, 1.165) is 23.4 Å². The molecule has 8 heteroatoms. The number of nitrogens with one attached hydrogen (secondary N) is 1. The molecule has 0 saturated carbocycles. The average Bonchev–Trinajstić information content (AvgIpc) is 2.94. The maximum Gasteiger partial charge on any atom is 0.255 e. The van der Waals surface area contributed by atoms with E-state index in [1.165, 1.54) is 6.07 Å². The molecule has 1 aliphatic rings. The highest BCUT2D eigenvalue weighted by molar-refractivity contribution is 5.34. The van der Waals surface area contributed by atoms with Gasteiger partial charge in [0.25, 0.3) is 5.56 Å². The maximum atomic E-state index is 14.0. The van der Waals surface area contributed by atoms with Crippen molar-refractivity contribution in [3.8, 4) is 0 Å². The molecule has 0 spiro atoms. The second-order valence-corrected chi connectivity index (χ2v) is 7.54. The molecule has 0 radical (unpaired) electrons. The second-order valence-electron chi connectivity index (χ2n) is 7.54. The van der Waals surface area contributed by atoms with Gasteiger partial charge in [-0.3, -0.25) is 19.7 Å². The summed E-state index contributed by atoms with van der Waals surface area (Å²) in [5, 5.41) is 0. The number of hydrogen-bond donors (Lipinski definition) is 1. The summed E-state index contributed by atoms with van der Waals surface area (Å²) in [6.45, 7) is 2.06. The molecule has 6 nitrogen and oxygen atoms in total. The summed E-state index contributed by atoms with van der Waals surface area (Å²) in [4.78, 5) is 28.3. The highest BCUT2D eigenvalue weighted by Gasteiger charge is 2.20. The van der Waals surface area contributed by atoms with E-state index in [1.54, 1.807) is 12.4 Å². The number of aromatic nitrogens is 3. The van der Waals surface area contributed by atoms with Crippen molar-refractivity contribution in [2.24, 2.45) is 0 Å². The van der Waals surface area contributed by atoms with Crippen LogP contribution in [0.15, 0.2) is 47.5 Å². The lowest BCUT2D eigenvalue weighted by Crippen LogP contribution is -2.27. The Morgan fingerprint density at radius 1 is 1.20 bits per heavy atom. The van der Waals surface area contributed by atoms with Gasteiger partial charge in [0.2, 0.25) is 5.95 Å². The van der Waals surface area contributed by atoms with Crippen molar-refractivity contribution < 1.29 is 8.78 Å². The Kier molecular flexibility index (Phi) is 5.85. The third kappa shape index (κ3) is 4.54. The van der Waals surface area contributed by atoms with Gasteiger partial charge in [0.1, 0.15) is 11.6 Å². The third-order valence-electron chi connectivity index (χ3n) is 5.34. The number of aromatic amines is 1. The van der Waals surface area contributed by atoms with Crippen LogP contribution in [0.5, 0.6) is 0 Å². The number of benzene rings is 1. The summed E-state index contributed by atoms with van der Waals surface area (Å²) >= 11 is 0. The topological polar surface area (TPSA) is 65.1 Å². The number of H-pyrrole nitrogens is 1. The van der Waals surface area contributed by atoms with Crippen LogP contribution in [0, 0.1) is 11.6 Å². The Morgan fingerprint density at radius 2 is 2.03 bits per heavy atom. The predicted octanol–water partition coefficient (Wildman–Crippen LogP) is 2.68. The lowest BCUT2D eigenvalue weighted by Gasteiger charge is -2.20. The summed E-state index contributed by atoms with van der Waals surface area (Å²) in [5.41, 5.74) is 2.61. The first-order chi connectivity index (χ1) is 14.5. The minimum atomic E-state index is -0.455. The van der Waals surface area contributed by atoms with Crippen molar-refractivity contribution in [3.63, 3.8) is 0 Å². The van der Waals surface area contributed by atoms with Crippen molar-refractivity contribution in [1.29, 1.82) is 0 Å². The van der Waals surface area contributed by atoms with Gasteiger partial charge in [0.15, 0.2) is 0 Å². The van der Waals surface area contributed by atoms with Crippen molar-refractivity contribution in [3.05, 3.63) is 87.1 Å². The van der Waals surface area contributed by atoms with Gasteiger partial charge < -0.3 is 4.90 Å². The first-order valence-electron chi connectivity index (χ1n) is 9.88. The summed E-state index contributed by atoms with van der Waals surface area (Å²) in [5.74, 6) is -0.371. The summed E-state index contributed by atoms with van der Waals surface area (Å²) in [7, 11) is 1.87. The number of hydrogen-bond acceptors (Lipinski definition) is 5. The largest absolute Gasteiger partial charge is 0.341 e. The number of rotatable bonds is 5. The predicted molar refractivity (Wildman–Crippen MR) is 110 cm³/mol. The Labute approximate surface area is 173 Å². The molecule has 30 heavy (non-hydrogen) atoms. The fourth-order valence-corrected chi connectivity index (χ4v) is 3.73. The smallest absolute Gasteiger partial charge is 0.255 e. The summed E-state index contributed by atoms with van der Waals surface area (Å²) < 4.78 is 27.5. The molecule has 0 bridgehead atoms. The van der Waals surface area contributed by atoms with Crippen molar-refractivity contribution in [1.82, 2.24) is 19.9 Å². The number of pyridine rings is 1. The molecule has 156 valence electrons.